The van der Waals surface area contributed by atoms with Crippen molar-refractivity contribution in [1.82, 2.24) is 0 Å². The van der Waals surface area contributed by atoms with Gasteiger partial charge in [0.05, 0.1) is 0 Å². The van der Waals surface area contributed by atoms with E-state index < -0.39 is 0 Å². The first kappa shape index (κ1) is 14.6. The molecule has 1 aromatic carbocycles. The lowest BCUT2D eigenvalue weighted by atomic mass is 9.65. The molecule has 0 aliphatic heterocycles. The van der Waals surface area contributed by atoms with Crippen LogP contribution in [-0.2, 0) is 17.6 Å². The molecule has 0 radical (unpaired) electrons. The average molecular weight is 285 g/mol. The topological polar surface area (TPSA) is 43.1 Å². The van der Waals surface area contributed by atoms with Crippen LogP contribution in [0.5, 0.6) is 0 Å². The summed E-state index contributed by atoms with van der Waals surface area (Å²) in [6.07, 6.45) is 7.54. The number of hydrogen-bond acceptors (Lipinski definition) is 2. The molecule has 0 amide bonds. The summed E-state index contributed by atoms with van der Waals surface area (Å²) in [4.78, 5) is 12.4. The summed E-state index contributed by atoms with van der Waals surface area (Å²) >= 11 is 0. The van der Waals surface area contributed by atoms with Gasteiger partial charge in [0.2, 0.25) is 0 Å². The van der Waals surface area contributed by atoms with Gasteiger partial charge in [-0.1, -0.05) is 26.3 Å². The summed E-state index contributed by atoms with van der Waals surface area (Å²) in [5, 5.41) is 0. The van der Waals surface area contributed by atoms with Gasteiger partial charge in [0.1, 0.15) is 5.78 Å². The van der Waals surface area contributed by atoms with Crippen molar-refractivity contribution in [2.75, 3.05) is 5.73 Å². The van der Waals surface area contributed by atoms with Crippen molar-refractivity contribution < 1.29 is 4.79 Å². The smallest absolute Gasteiger partial charge is 0.139 e. The summed E-state index contributed by atoms with van der Waals surface area (Å²) in [6.45, 7) is 4.43. The molecule has 0 heterocycles. The Bertz CT molecular complexity index is 550. The fourth-order valence-electron chi connectivity index (χ4n) is 4.84. The highest BCUT2D eigenvalue weighted by atomic mass is 16.1. The van der Waals surface area contributed by atoms with Gasteiger partial charge < -0.3 is 5.73 Å². The van der Waals surface area contributed by atoms with Crippen LogP contribution in [0.3, 0.4) is 0 Å². The molecule has 0 bridgehead atoms. The summed E-state index contributed by atoms with van der Waals surface area (Å²) < 4.78 is 0. The summed E-state index contributed by atoms with van der Waals surface area (Å²) in [6, 6.07) is 6.35. The second-order valence-corrected chi connectivity index (χ2v) is 7.27. The number of benzene rings is 1. The van der Waals surface area contributed by atoms with E-state index >= 15 is 0 Å². The van der Waals surface area contributed by atoms with Crippen molar-refractivity contribution in [1.29, 1.82) is 0 Å². The molecule has 1 aromatic rings. The van der Waals surface area contributed by atoms with Crippen molar-refractivity contribution in [2.24, 2.45) is 17.3 Å². The number of nitrogens with two attached hydrogens (primary N) is 1. The van der Waals surface area contributed by atoms with Crippen molar-refractivity contribution in [3.63, 3.8) is 0 Å². The van der Waals surface area contributed by atoms with Gasteiger partial charge in [-0.15, -0.1) is 0 Å². The van der Waals surface area contributed by atoms with Gasteiger partial charge in [0.25, 0.3) is 0 Å². The molecular weight excluding hydrogens is 258 g/mol. The number of fused-ring (bicyclic) bond motifs is 1. The Labute approximate surface area is 128 Å². The predicted octanol–water partition coefficient (Wildman–Crippen LogP) is 4.16. The molecule has 0 saturated heterocycles. The highest BCUT2D eigenvalue weighted by Crippen LogP contribution is 2.50. The van der Waals surface area contributed by atoms with E-state index in [-0.39, 0.29) is 5.41 Å². The molecule has 2 N–H and O–H groups in total. The number of aryl methyl sites for hydroxylation is 1. The quantitative estimate of drug-likeness (QED) is 0.847. The van der Waals surface area contributed by atoms with Crippen LogP contribution in [0.4, 0.5) is 5.69 Å². The molecule has 3 rings (SSSR count). The monoisotopic (exact) mass is 285 g/mol. The lowest BCUT2D eigenvalue weighted by Crippen LogP contribution is -2.35. The zero-order valence-corrected chi connectivity index (χ0v) is 13.3. The minimum Gasteiger partial charge on any atom is -0.399 e. The van der Waals surface area contributed by atoms with Crippen LogP contribution in [0.1, 0.15) is 57.1 Å². The van der Waals surface area contributed by atoms with E-state index in [2.05, 4.69) is 26.0 Å². The van der Waals surface area contributed by atoms with E-state index in [1.165, 1.54) is 17.5 Å². The number of carbonyl (C=O) groups excluding carboxylic acids is 1. The Balaban J connectivity index is 1.82. The fraction of sp³-hybridized carbons (Fsp3) is 0.632. The van der Waals surface area contributed by atoms with Crippen LogP contribution in [0, 0.1) is 17.3 Å². The number of carbonyl (C=O) groups is 1. The Morgan fingerprint density at radius 3 is 2.81 bits per heavy atom. The number of anilines is 1. The Morgan fingerprint density at radius 1 is 1.24 bits per heavy atom. The molecule has 1 fully saturated rings. The maximum absolute atomic E-state index is 12.4. The molecule has 1 saturated carbocycles. The minimum atomic E-state index is -0.0648. The highest BCUT2D eigenvalue weighted by molar-refractivity contribution is 5.87. The van der Waals surface area contributed by atoms with Gasteiger partial charge in [-0.25, -0.2) is 0 Å². The SMILES string of the molecule is CCC[C@]1(C)C(=O)CCC1C1CCc2cc(N)ccc2C1. The van der Waals surface area contributed by atoms with Gasteiger partial charge in [-0.3, -0.25) is 4.79 Å². The van der Waals surface area contributed by atoms with E-state index in [4.69, 9.17) is 5.73 Å². The number of hydrogen-bond donors (Lipinski definition) is 1. The Morgan fingerprint density at radius 2 is 2.05 bits per heavy atom. The molecule has 0 spiro atoms. The molecule has 21 heavy (non-hydrogen) atoms. The molecule has 2 aliphatic rings. The summed E-state index contributed by atoms with van der Waals surface area (Å²) in [5.41, 5.74) is 9.59. The molecule has 3 atom stereocenters. The molecule has 2 heteroatoms. The molecule has 0 aromatic heterocycles. The van der Waals surface area contributed by atoms with Crippen molar-refractivity contribution >= 4 is 11.5 Å². The summed E-state index contributed by atoms with van der Waals surface area (Å²) in [7, 11) is 0. The molecular formula is C19H27NO. The van der Waals surface area contributed by atoms with Gasteiger partial charge in [-0.05, 0) is 67.2 Å². The van der Waals surface area contributed by atoms with E-state index in [9.17, 15) is 4.79 Å². The Kier molecular flexibility index (Phi) is 3.81. The third kappa shape index (κ3) is 2.49. The third-order valence-corrected chi connectivity index (χ3v) is 5.97. The first-order valence-electron chi connectivity index (χ1n) is 8.45. The van der Waals surface area contributed by atoms with Crippen LogP contribution >= 0.6 is 0 Å². The van der Waals surface area contributed by atoms with Crippen LogP contribution in [-0.4, -0.2) is 5.78 Å². The van der Waals surface area contributed by atoms with Crippen molar-refractivity contribution in [3.05, 3.63) is 29.3 Å². The van der Waals surface area contributed by atoms with E-state index in [1.807, 2.05) is 6.07 Å². The van der Waals surface area contributed by atoms with E-state index in [1.54, 1.807) is 0 Å². The maximum Gasteiger partial charge on any atom is 0.139 e. The largest absolute Gasteiger partial charge is 0.399 e. The third-order valence-electron chi connectivity index (χ3n) is 5.97. The second-order valence-electron chi connectivity index (χ2n) is 7.27. The normalized spacial score (nSPS) is 32.2. The molecule has 114 valence electrons. The highest BCUT2D eigenvalue weighted by Gasteiger charge is 2.48. The van der Waals surface area contributed by atoms with Gasteiger partial charge in [0, 0.05) is 17.5 Å². The lowest BCUT2D eigenvalue weighted by molar-refractivity contribution is -0.127. The van der Waals surface area contributed by atoms with Gasteiger partial charge >= 0.3 is 0 Å². The van der Waals surface area contributed by atoms with Crippen LogP contribution < -0.4 is 5.73 Å². The average Bonchev–Trinajstić information content (AvgIpc) is 2.75. The van der Waals surface area contributed by atoms with Gasteiger partial charge in [-0.2, -0.15) is 0 Å². The molecule has 2 aliphatic carbocycles. The van der Waals surface area contributed by atoms with Crippen LogP contribution in [0.2, 0.25) is 0 Å². The minimum absolute atomic E-state index is 0.0648. The Hall–Kier alpha value is -1.31. The number of nitrogen functional groups attached to an aromatic ring is 1. The van der Waals surface area contributed by atoms with Crippen molar-refractivity contribution in [3.8, 4) is 0 Å². The van der Waals surface area contributed by atoms with Crippen LogP contribution in [0.15, 0.2) is 18.2 Å². The zero-order valence-electron chi connectivity index (χ0n) is 13.3. The van der Waals surface area contributed by atoms with E-state index in [0.29, 0.717) is 17.6 Å². The van der Waals surface area contributed by atoms with E-state index in [0.717, 1.165) is 44.2 Å². The maximum atomic E-state index is 12.4. The van der Waals surface area contributed by atoms with Gasteiger partial charge in [0.15, 0.2) is 0 Å². The lowest BCUT2D eigenvalue weighted by Gasteiger charge is -2.38. The molecule has 2 nitrogen and oxygen atoms in total. The standard InChI is InChI=1S/C19H27NO/c1-3-10-19(2)17(8-9-18(19)21)15-5-4-14-12-16(20)7-6-13(14)11-15/h6-7,12,15,17H,3-5,8-11,20H2,1-2H3/t15?,17?,19-/m0/s1. The molecule has 2 unspecified atom stereocenters. The fourth-order valence-corrected chi connectivity index (χ4v) is 4.84. The number of rotatable bonds is 3. The van der Waals surface area contributed by atoms with Crippen LogP contribution in [0.25, 0.3) is 0 Å². The van der Waals surface area contributed by atoms with Crippen molar-refractivity contribution in [2.45, 2.75) is 58.8 Å². The zero-order chi connectivity index (χ0) is 15.0. The summed E-state index contributed by atoms with van der Waals surface area (Å²) in [5.74, 6) is 1.76. The first-order valence-corrected chi connectivity index (χ1v) is 8.45. The first-order chi connectivity index (χ1) is 10.0. The number of ketones is 1. The number of Topliss-reactive ketones (excluding diaryl/α,β-unsaturated/α-hetero) is 1. The second kappa shape index (κ2) is 5.47. The predicted molar refractivity (Wildman–Crippen MR) is 87.1 cm³/mol.